The summed E-state index contributed by atoms with van der Waals surface area (Å²) < 4.78 is 15.9. The lowest BCUT2D eigenvalue weighted by molar-refractivity contribution is 0.0216. The van der Waals surface area contributed by atoms with Gasteiger partial charge in [-0.25, -0.2) is 0 Å². The molecule has 0 aromatic rings. The zero-order valence-electron chi connectivity index (χ0n) is 8.22. The summed E-state index contributed by atoms with van der Waals surface area (Å²) in [5, 5.41) is 0. The van der Waals surface area contributed by atoms with Gasteiger partial charge in [-0.3, -0.25) is 0 Å². The summed E-state index contributed by atoms with van der Waals surface area (Å²) in [5.41, 5.74) is -0.201. The lowest BCUT2D eigenvalue weighted by Crippen LogP contribution is -2.46. The zero-order valence-corrected chi connectivity index (χ0v) is 9.22. The van der Waals surface area contributed by atoms with E-state index < -0.39 is 8.80 Å². The molecule has 0 spiro atoms. The normalized spacial score (nSPS) is 13.6. The fourth-order valence-electron chi connectivity index (χ4n) is 0.723. The monoisotopic (exact) mass is 178 g/mol. The van der Waals surface area contributed by atoms with E-state index in [1.54, 1.807) is 14.2 Å². The molecule has 0 aliphatic carbocycles. The molecule has 0 rings (SSSR count). The molecule has 0 atom stereocenters. The van der Waals surface area contributed by atoms with E-state index in [0.29, 0.717) is 0 Å². The summed E-state index contributed by atoms with van der Waals surface area (Å²) in [5.74, 6) is 0. The summed E-state index contributed by atoms with van der Waals surface area (Å²) in [6.45, 7) is 7.82. The quantitative estimate of drug-likeness (QED) is 0.615. The van der Waals surface area contributed by atoms with Crippen molar-refractivity contribution in [1.82, 2.24) is 0 Å². The average Bonchev–Trinajstić information content (AvgIpc) is 1.84. The fourth-order valence-corrected chi connectivity index (χ4v) is 2.17. The fraction of sp³-hybridized carbons (Fsp3) is 1.00. The second-order valence-electron chi connectivity index (χ2n) is 3.49. The lowest BCUT2D eigenvalue weighted by atomic mass is 10.2. The molecule has 0 N–H and O–H groups in total. The Labute approximate surface area is 70.0 Å². The van der Waals surface area contributed by atoms with Crippen molar-refractivity contribution in [2.45, 2.75) is 32.9 Å². The summed E-state index contributed by atoms with van der Waals surface area (Å²) >= 11 is 0. The van der Waals surface area contributed by atoms with Crippen LogP contribution >= 0.6 is 0 Å². The Kier molecular flexibility index (Phi) is 3.70. The van der Waals surface area contributed by atoms with E-state index in [0.717, 1.165) is 0 Å². The molecular formula is C7H18O3Si. The van der Waals surface area contributed by atoms with Crippen LogP contribution in [0.1, 0.15) is 20.8 Å². The van der Waals surface area contributed by atoms with Gasteiger partial charge in [0, 0.05) is 20.8 Å². The maximum atomic E-state index is 5.62. The van der Waals surface area contributed by atoms with Crippen LogP contribution in [0.25, 0.3) is 0 Å². The van der Waals surface area contributed by atoms with E-state index in [1.807, 2.05) is 27.3 Å². The lowest BCUT2D eigenvalue weighted by Gasteiger charge is -2.30. The van der Waals surface area contributed by atoms with Crippen LogP contribution < -0.4 is 0 Å². The molecule has 0 unspecified atom stereocenters. The van der Waals surface area contributed by atoms with Gasteiger partial charge in [0.1, 0.15) is 0 Å². The maximum absolute atomic E-state index is 5.62. The Morgan fingerprint density at radius 1 is 1.00 bits per heavy atom. The summed E-state index contributed by atoms with van der Waals surface area (Å²) in [6.07, 6.45) is 0. The highest BCUT2D eigenvalue weighted by Crippen LogP contribution is 2.17. The highest BCUT2D eigenvalue weighted by Gasteiger charge is 2.36. The smallest absolute Gasteiger partial charge is 0.377 e. The topological polar surface area (TPSA) is 27.7 Å². The van der Waals surface area contributed by atoms with E-state index in [-0.39, 0.29) is 5.60 Å². The minimum atomic E-state index is -2.33. The molecule has 0 amide bonds. The van der Waals surface area contributed by atoms with Crippen molar-refractivity contribution < 1.29 is 13.3 Å². The van der Waals surface area contributed by atoms with Crippen molar-refractivity contribution in [2.24, 2.45) is 0 Å². The highest BCUT2D eigenvalue weighted by molar-refractivity contribution is 6.59. The first-order valence-electron chi connectivity index (χ1n) is 3.63. The molecule has 0 saturated heterocycles. The predicted octanol–water partition coefficient (Wildman–Crippen LogP) is 1.66. The molecule has 0 fully saturated rings. The molecule has 0 bridgehead atoms. The van der Waals surface area contributed by atoms with Gasteiger partial charge >= 0.3 is 8.80 Å². The van der Waals surface area contributed by atoms with Gasteiger partial charge in [-0.15, -0.1) is 0 Å². The van der Waals surface area contributed by atoms with Gasteiger partial charge in [0.15, 0.2) is 0 Å². The van der Waals surface area contributed by atoms with Gasteiger partial charge in [0.05, 0.1) is 5.60 Å². The van der Waals surface area contributed by atoms with Crippen molar-refractivity contribution in [1.29, 1.82) is 0 Å². The van der Waals surface area contributed by atoms with Gasteiger partial charge in [0.2, 0.25) is 0 Å². The Hall–Kier alpha value is 0.0969. The second-order valence-corrected chi connectivity index (χ2v) is 6.23. The summed E-state index contributed by atoms with van der Waals surface area (Å²) in [7, 11) is 0.892. The first-order valence-corrected chi connectivity index (χ1v) is 5.86. The van der Waals surface area contributed by atoms with Crippen LogP contribution in [0, 0.1) is 0 Å². The van der Waals surface area contributed by atoms with Crippen LogP contribution in [0.4, 0.5) is 0 Å². The average molecular weight is 178 g/mol. The molecule has 0 heterocycles. The van der Waals surface area contributed by atoms with E-state index >= 15 is 0 Å². The first-order chi connectivity index (χ1) is 4.83. The van der Waals surface area contributed by atoms with Crippen LogP contribution in [-0.2, 0) is 13.3 Å². The van der Waals surface area contributed by atoms with Crippen molar-refractivity contribution in [2.75, 3.05) is 14.2 Å². The van der Waals surface area contributed by atoms with Crippen LogP contribution in [-0.4, -0.2) is 28.6 Å². The molecular weight excluding hydrogens is 160 g/mol. The Balaban J connectivity index is 4.08. The summed E-state index contributed by atoms with van der Waals surface area (Å²) in [4.78, 5) is 0. The number of hydrogen-bond donors (Lipinski definition) is 0. The van der Waals surface area contributed by atoms with Gasteiger partial charge in [-0.05, 0) is 20.8 Å². The second kappa shape index (κ2) is 3.67. The molecule has 0 aromatic carbocycles. The minimum Gasteiger partial charge on any atom is -0.377 e. The molecule has 0 radical (unpaired) electrons. The highest BCUT2D eigenvalue weighted by atomic mass is 28.4. The van der Waals surface area contributed by atoms with Crippen LogP contribution in [0.15, 0.2) is 0 Å². The first kappa shape index (κ1) is 11.1. The number of rotatable bonds is 3. The van der Waals surface area contributed by atoms with Crippen LogP contribution in [0.5, 0.6) is 0 Å². The Morgan fingerprint density at radius 3 is 1.45 bits per heavy atom. The van der Waals surface area contributed by atoms with Gasteiger partial charge in [-0.1, -0.05) is 0 Å². The van der Waals surface area contributed by atoms with Gasteiger partial charge in [-0.2, -0.15) is 0 Å². The third kappa shape index (κ3) is 4.52. The molecule has 0 aromatic heterocycles. The van der Waals surface area contributed by atoms with Crippen LogP contribution in [0.3, 0.4) is 0 Å². The Bertz CT molecular complexity index is 115. The van der Waals surface area contributed by atoms with Gasteiger partial charge < -0.3 is 13.3 Å². The SMILES string of the molecule is CO[Si](C)(OC)OC(C)(C)C. The molecule has 3 nitrogen and oxygen atoms in total. The molecule has 11 heavy (non-hydrogen) atoms. The van der Waals surface area contributed by atoms with Crippen molar-refractivity contribution >= 4 is 8.80 Å². The third-order valence-corrected chi connectivity index (χ3v) is 3.70. The molecule has 4 heteroatoms. The summed E-state index contributed by atoms with van der Waals surface area (Å²) in [6, 6.07) is 0. The molecule has 68 valence electrons. The predicted molar refractivity (Wildman–Crippen MR) is 46.5 cm³/mol. The molecule has 0 aliphatic heterocycles. The van der Waals surface area contributed by atoms with Crippen molar-refractivity contribution in [3.63, 3.8) is 0 Å². The largest absolute Gasteiger partial charge is 0.497 e. The van der Waals surface area contributed by atoms with Crippen molar-refractivity contribution in [3.8, 4) is 0 Å². The van der Waals surface area contributed by atoms with E-state index in [1.165, 1.54) is 0 Å². The maximum Gasteiger partial charge on any atom is 0.497 e. The van der Waals surface area contributed by atoms with Gasteiger partial charge in [0.25, 0.3) is 0 Å². The van der Waals surface area contributed by atoms with E-state index in [2.05, 4.69) is 0 Å². The van der Waals surface area contributed by atoms with Crippen molar-refractivity contribution in [3.05, 3.63) is 0 Å². The third-order valence-electron chi connectivity index (χ3n) is 1.23. The zero-order chi connectivity index (χ0) is 9.12. The van der Waals surface area contributed by atoms with Crippen LogP contribution in [0.2, 0.25) is 6.55 Å². The minimum absolute atomic E-state index is 0.201. The van der Waals surface area contributed by atoms with E-state index in [4.69, 9.17) is 13.3 Å². The number of hydrogen-bond acceptors (Lipinski definition) is 3. The standard InChI is InChI=1S/C7H18O3Si/c1-7(2,3)10-11(6,8-4)9-5/h1-6H3. The molecule has 0 aliphatic rings. The molecule has 0 saturated carbocycles. The Morgan fingerprint density at radius 2 is 1.36 bits per heavy atom. The van der Waals surface area contributed by atoms with E-state index in [9.17, 15) is 0 Å².